The molecule has 1 aromatic carbocycles. The third-order valence-corrected chi connectivity index (χ3v) is 6.10. The number of aryl methyl sites for hydroxylation is 1. The summed E-state index contributed by atoms with van der Waals surface area (Å²) < 4.78 is 0. The van der Waals surface area contributed by atoms with Crippen LogP contribution in [0.4, 0.5) is 5.69 Å². The Morgan fingerprint density at radius 3 is 2.26 bits per heavy atom. The van der Waals surface area contributed by atoms with Crippen LogP contribution in [-0.4, -0.2) is 23.2 Å². The molecule has 1 amide bonds. The van der Waals surface area contributed by atoms with E-state index in [2.05, 4.69) is 31.2 Å². The lowest BCUT2D eigenvalue weighted by atomic mass is 9.67. The summed E-state index contributed by atoms with van der Waals surface area (Å²) in [5.41, 5.74) is 1.61. The first kappa shape index (κ1) is 16.5. The Hall–Kier alpha value is -1.35. The molecular weight excluding hydrogens is 286 g/mol. The van der Waals surface area contributed by atoms with Gasteiger partial charge in [-0.15, -0.1) is 0 Å². The third kappa shape index (κ3) is 3.03. The fraction of sp³-hybridized carbons (Fsp3) is 0.650. The molecule has 2 aliphatic rings. The molecule has 1 spiro atoms. The van der Waals surface area contributed by atoms with Gasteiger partial charge in [-0.05, 0) is 62.6 Å². The van der Waals surface area contributed by atoms with Crippen molar-refractivity contribution < 1.29 is 9.90 Å². The zero-order valence-electron chi connectivity index (χ0n) is 14.5. The lowest BCUT2D eigenvalue weighted by Gasteiger charge is -2.40. The highest BCUT2D eigenvalue weighted by molar-refractivity contribution is 6.00. The van der Waals surface area contributed by atoms with Crippen LogP contribution in [0.1, 0.15) is 64.4 Å². The molecule has 1 aromatic rings. The van der Waals surface area contributed by atoms with E-state index in [1.54, 1.807) is 0 Å². The summed E-state index contributed by atoms with van der Waals surface area (Å²) in [7, 11) is 0. The molecule has 1 N–H and O–H groups in total. The molecule has 0 unspecified atom stereocenters. The highest BCUT2D eigenvalue weighted by Gasteiger charge is 2.51. The molecule has 0 radical (unpaired) electrons. The molecule has 2 fully saturated rings. The van der Waals surface area contributed by atoms with Gasteiger partial charge in [0.05, 0.1) is 11.0 Å². The molecule has 0 bridgehead atoms. The molecule has 3 nitrogen and oxygen atoms in total. The first-order valence-electron chi connectivity index (χ1n) is 9.15. The van der Waals surface area contributed by atoms with Crippen molar-refractivity contribution in [2.75, 3.05) is 11.4 Å². The smallest absolute Gasteiger partial charge is 0.233 e. The van der Waals surface area contributed by atoms with Gasteiger partial charge in [0.2, 0.25) is 5.91 Å². The Kier molecular flexibility index (Phi) is 4.50. The second kappa shape index (κ2) is 6.27. The molecule has 126 valence electrons. The number of anilines is 1. The fourth-order valence-corrected chi connectivity index (χ4v) is 4.21. The van der Waals surface area contributed by atoms with Gasteiger partial charge in [-0.25, -0.2) is 0 Å². The van der Waals surface area contributed by atoms with Crippen molar-refractivity contribution in [3.8, 4) is 0 Å². The molecular formula is C20H29NO2. The van der Waals surface area contributed by atoms with Crippen molar-refractivity contribution in [2.45, 2.75) is 70.8 Å². The summed E-state index contributed by atoms with van der Waals surface area (Å²) >= 11 is 0. The molecule has 1 saturated carbocycles. The molecule has 23 heavy (non-hydrogen) atoms. The first-order valence-corrected chi connectivity index (χ1v) is 9.15. The van der Waals surface area contributed by atoms with Crippen LogP contribution in [0, 0.1) is 5.41 Å². The van der Waals surface area contributed by atoms with Crippen LogP contribution in [-0.2, 0) is 11.2 Å². The number of carbonyl (C=O) groups excluding carboxylic acids is 1. The lowest BCUT2D eigenvalue weighted by molar-refractivity contribution is -0.130. The first-order chi connectivity index (χ1) is 11.0. The predicted molar refractivity (Wildman–Crippen MR) is 93.5 cm³/mol. The van der Waals surface area contributed by atoms with Crippen LogP contribution in [0.15, 0.2) is 24.3 Å². The second-order valence-corrected chi connectivity index (χ2v) is 7.48. The number of hydrogen-bond acceptors (Lipinski definition) is 2. The summed E-state index contributed by atoms with van der Waals surface area (Å²) in [5.74, 6) is 0.277. The normalized spacial score (nSPS) is 31.1. The third-order valence-electron chi connectivity index (χ3n) is 6.10. The van der Waals surface area contributed by atoms with Crippen LogP contribution in [0.5, 0.6) is 0 Å². The number of hydrogen-bond donors (Lipinski definition) is 1. The molecule has 1 aliphatic carbocycles. The highest BCUT2D eigenvalue weighted by Crippen LogP contribution is 2.49. The quantitative estimate of drug-likeness (QED) is 0.909. The van der Waals surface area contributed by atoms with E-state index >= 15 is 0 Å². The summed E-state index contributed by atoms with van der Waals surface area (Å²) in [6, 6.07) is 8.47. The van der Waals surface area contributed by atoms with E-state index < -0.39 is 5.60 Å². The van der Waals surface area contributed by atoms with Gasteiger partial charge in [0, 0.05) is 12.2 Å². The maximum atomic E-state index is 13.0. The van der Waals surface area contributed by atoms with Gasteiger partial charge >= 0.3 is 0 Å². The topological polar surface area (TPSA) is 40.5 Å². The van der Waals surface area contributed by atoms with Crippen LogP contribution in [0.2, 0.25) is 0 Å². The van der Waals surface area contributed by atoms with E-state index in [0.29, 0.717) is 0 Å². The van der Waals surface area contributed by atoms with Crippen molar-refractivity contribution in [2.24, 2.45) is 5.41 Å². The minimum Gasteiger partial charge on any atom is -0.390 e. The van der Waals surface area contributed by atoms with Crippen molar-refractivity contribution >= 4 is 11.6 Å². The van der Waals surface area contributed by atoms with Gasteiger partial charge in [0.15, 0.2) is 0 Å². The Balaban J connectivity index is 1.72. The molecule has 3 rings (SSSR count). The lowest BCUT2D eigenvalue weighted by Crippen LogP contribution is -2.43. The molecule has 1 aliphatic heterocycles. The van der Waals surface area contributed by atoms with Crippen molar-refractivity contribution in [3.63, 3.8) is 0 Å². The van der Waals surface area contributed by atoms with Crippen LogP contribution < -0.4 is 4.90 Å². The minimum atomic E-state index is -0.541. The van der Waals surface area contributed by atoms with Crippen molar-refractivity contribution in [3.05, 3.63) is 29.8 Å². The van der Waals surface area contributed by atoms with Gasteiger partial charge in [-0.3, -0.25) is 4.79 Å². The number of rotatable bonds is 4. The summed E-state index contributed by atoms with van der Waals surface area (Å²) in [4.78, 5) is 15.0. The molecule has 0 aromatic heterocycles. The van der Waals surface area contributed by atoms with Gasteiger partial charge in [-0.1, -0.05) is 32.4 Å². The number of amides is 1. The number of aliphatic hydroxyl groups is 1. The van der Waals surface area contributed by atoms with Crippen molar-refractivity contribution in [1.29, 1.82) is 0 Å². The predicted octanol–water partition coefficient (Wildman–Crippen LogP) is 4.08. The largest absolute Gasteiger partial charge is 0.390 e. The van der Waals surface area contributed by atoms with Gasteiger partial charge in [-0.2, -0.15) is 0 Å². The van der Waals surface area contributed by atoms with Gasteiger partial charge in [0.1, 0.15) is 0 Å². The maximum Gasteiger partial charge on any atom is 0.233 e. The second-order valence-electron chi connectivity index (χ2n) is 7.48. The van der Waals surface area contributed by atoms with Gasteiger partial charge < -0.3 is 10.0 Å². The number of benzene rings is 1. The molecule has 1 saturated heterocycles. The average Bonchev–Trinajstić information content (AvgIpc) is 2.89. The summed E-state index contributed by atoms with van der Waals surface area (Å²) in [6.45, 7) is 5.04. The number of carbonyl (C=O) groups is 1. The van der Waals surface area contributed by atoms with E-state index in [-0.39, 0.29) is 11.3 Å². The van der Waals surface area contributed by atoms with Crippen LogP contribution in [0.25, 0.3) is 0 Å². The van der Waals surface area contributed by atoms with E-state index in [1.807, 2.05) is 11.8 Å². The van der Waals surface area contributed by atoms with E-state index in [9.17, 15) is 9.90 Å². The standard InChI is InChI=1S/C20H29NO2/c1-3-5-16-6-8-17(9-7-16)21-15-14-19(18(21)22)10-12-20(23,4-2)13-11-19/h6-9,23H,3-5,10-15H2,1-2H3/t19-,20-. The Morgan fingerprint density at radius 1 is 1.04 bits per heavy atom. The Labute approximate surface area is 139 Å². The minimum absolute atomic E-state index is 0.219. The van der Waals surface area contributed by atoms with E-state index in [0.717, 1.165) is 63.6 Å². The van der Waals surface area contributed by atoms with E-state index in [1.165, 1.54) is 5.56 Å². The summed E-state index contributed by atoms with van der Waals surface area (Å²) in [6.07, 6.45) is 7.15. The monoisotopic (exact) mass is 315 g/mol. The SMILES string of the molecule is CCCc1ccc(N2CC[C@]3(CC[C@](O)(CC)CC3)C2=O)cc1. The fourth-order valence-electron chi connectivity index (χ4n) is 4.21. The van der Waals surface area contributed by atoms with E-state index in [4.69, 9.17) is 0 Å². The van der Waals surface area contributed by atoms with Crippen molar-refractivity contribution in [1.82, 2.24) is 0 Å². The molecule has 0 atom stereocenters. The maximum absolute atomic E-state index is 13.0. The number of nitrogens with zero attached hydrogens (tertiary/aromatic N) is 1. The Morgan fingerprint density at radius 2 is 1.70 bits per heavy atom. The zero-order chi connectivity index (χ0) is 16.5. The summed E-state index contributed by atoms with van der Waals surface area (Å²) in [5, 5.41) is 10.4. The molecule has 3 heteroatoms. The Bertz CT molecular complexity index is 556. The highest BCUT2D eigenvalue weighted by atomic mass is 16.3. The van der Waals surface area contributed by atoms with Gasteiger partial charge in [0.25, 0.3) is 0 Å². The van der Waals surface area contributed by atoms with Crippen LogP contribution >= 0.6 is 0 Å². The molecule has 1 heterocycles. The average molecular weight is 315 g/mol. The zero-order valence-corrected chi connectivity index (χ0v) is 14.5. The van der Waals surface area contributed by atoms with Crippen LogP contribution in [0.3, 0.4) is 0 Å².